The SMILES string of the molecule is CC(O)CC(CCOC(Cn1c2ccccc2c2cc(F)ccc21)Cn1c2ccc(F)cc2c2cc(F)ccc21)N1CCN(C(=O)OC(C)(C)C)[C@@H](CO)C1. The Morgan fingerprint density at radius 1 is 0.800 bits per heavy atom. The number of aromatic nitrogens is 2. The number of hydrogen-bond donors (Lipinski definition) is 2. The molecule has 1 aliphatic heterocycles. The highest BCUT2D eigenvalue weighted by Gasteiger charge is 2.35. The van der Waals surface area contributed by atoms with Crippen LogP contribution in [-0.2, 0) is 22.6 Å². The molecule has 0 radical (unpaired) electrons. The van der Waals surface area contributed by atoms with Crippen molar-refractivity contribution in [2.75, 3.05) is 32.8 Å². The summed E-state index contributed by atoms with van der Waals surface area (Å²) in [7, 11) is 0. The summed E-state index contributed by atoms with van der Waals surface area (Å²) in [6, 6.07) is 21.1. The van der Waals surface area contributed by atoms with Crippen LogP contribution in [0.25, 0.3) is 43.6 Å². The number of piperazine rings is 1. The van der Waals surface area contributed by atoms with Crippen LogP contribution in [0.15, 0.2) is 78.9 Å². The van der Waals surface area contributed by atoms with Gasteiger partial charge in [-0.05, 0) is 101 Å². The normalized spacial score (nSPS) is 17.4. The topological polar surface area (TPSA) is 92.3 Å². The van der Waals surface area contributed by atoms with Crippen molar-refractivity contribution in [1.82, 2.24) is 18.9 Å². The van der Waals surface area contributed by atoms with Crippen LogP contribution >= 0.6 is 0 Å². The fourth-order valence-corrected chi connectivity index (χ4v) is 8.18. The highest BCUT2D eigenvalue weighted by Crippen LogP contribution is 2.33. The molecule has 2 aromatic heterocycles. The summed E-state index contributed by atoms with van der Waals surface area (Å²) in [4.78, 5) is 16.8. The number of nitrogens with zero attached hydrogens (tertiary/aromatic N) is 4. The highest BCUT2D eigenvalue weighted by molar-refractivity contribution is 6.09. The number of fused-ring (bicyclic) bond motifs is 6. The monoisotopic (exact) mass is 758 g/mol. The molecule has 4 aromatic carbocycles. The first-order chi connectivity index (χ1) is 26.3. The van der Waals surface area contributed by atoms with Gasteiger partial charge in [0.15, 0.2) is 0 Å². The summed E-state index contributed by atoms with van der Waals surface area (Å²) in [5.41, 5.74) is 2.59. The Morgan fingerprint density at radius 3 is 1.85 bits per heavy atom. The van der Waals surface area contributed by atoms with E-state index < -0.39 is 41.6 Å². The van der Waals surface area contributed by atoms with Crippen molar-refractivity contribution < 1.29 is 37.7 Å². The maximum Gasteiger partial charge on any atom is 0.410 e. The van der Waals surface area contributed by atoms with Gasteiger partial charge in [-0.25, -0.2) is 18.0 Å². The summed E-state index contributed by atoms with van der Waals surface area (Å²) < 4.78 is 60.3. The van der Waals surface area contributed by atoms with Gasteiger partial charge in [-0.3, -0.25) is 4.90 Å². The minimum atomic E-state index is -0.669. The molecule has 4 atom stereocenters. The maximum absolute atomic E-state index is 14.6. The van der Waals surface area contributed by atoms with Crippen molar-refractivity contribution in [2.24, 2.45) is 0 Å². The largest absolute Gasteiger partial charge is 0.444 e. The smallest absolute Gasteiger partial charge is 0.410 e. The second-order valence-electron chi connectivity index (χ2n) is 15.7. The molecule has 3 heterocycles. The molecule has 1 fully saturated rings. The van der Waals surface area contributed by atoms with Crippen molar-refractivity contribution >= 4 is 49.7 Å². The van der Waals surface area contributed by atoms with Crippen molar-refractivity contribution in [2.45, 2.75) is 83.5 Å². The average Bonchev–Trinajstić information content (AvgIpc) is 3.60. The zero-order valence-corrected chi connectivity index (χ0v) is 31.7. The maximum atomic E-state index is 14.6. The Kier molecular flexibility index (Phi) is 11.1. The number of amides is 1. The van der Waals surface area contributed by atoms with Crippen molar-refractivity contribution in [1.29, 1.82) is 0 Å². The molecule has 2 N–H and O–H groups in total. The highest BCUT2D eigenvalue weighted by atomic mass is 19.1. The van der Waals surface area contributed by atoms with E-state index in [1.54, 1.807) is 36.1 Å². The number of para-hydroxylation sites is 1. The molecule has 1 saturated heterocycles. The Hall–Kier alpha value is -4.62. The van der Waals surface area contributed by atoms with Crippen molar-refractivity contribution in [3.8, 4) is 0 Å². The first kappa shape index (κ1) is 38.6. The lowest BCUT2D eigenvalue weighted by atomic mass is 10.0. The first-order valence-electron chi connectivity index (χ1n) is 19.0. The fourth-order valence-electron chi connectivity index (χ4n) is 8.18. The van der Waals surface area contributed by atoms with Gasteiger partial charge < -0.3 is 33.7 Å². The number of halogens is 3. The lowest BCUT2D eigenvalue weighted by Gasteiger charge is -2.44. The summed E-state index contributed by atoms with van der Waals surface area (Å²) >= 11 is 0. The molecule has 6 aromatic rings. The zero-order chi connectivity index (χ0) is 39.0. The third kappa shape index (κ3) is 8.33. The molecule has 0 aliphatic carbocycles. The number of hydrogen-bond acceptors (Lipinski definition) is 6. The van der Waals surface area contributed by atoms with E-state index in [0.29, 0.717) is 62.9 Å². The fraction of sp³-hybridized carbons (Fsp3) is 0.419. The minimum Gasteiger partial charge on any atom is -0.444 e. The van der Waals surface area contributed by atoms with Crippen LogP contribution in [0.2, 0.25) is 0 Å². The minimum absolute atomic E-state index is 0.120. The summed E-state index contributed by atoms with van der Waals surface area (Å²) in [6.45, 7) is 9.28. The van der Waals surface area contributed by atoms with E-state index in [2.05, 4.69) is 9.47 Å². The van der Waals surface area contributed by atoms with Gasteiger partial charge in [0.1, 0.15) is 23.1 Å². The molecular weight excluding hydrogens is 709 g/mol. The number of ether oxygens (including phenoxy) is 2. The van der Waals surface area contributed by atoms with Crippen LogP contribution < -0.4 is 0 Å². The van der Waals surface area contributed by atoms with E-state index in [0.717, 1.165) is 32.8 Å². The molecule has 1 amide bonds. The van der Waals surface area contributed by atoms with E-state index in [1.165, 1.54) is 30.3 Å². The Bertz CT molecular complexity index is 2260. The summed E-state index contributed by atoms with van der Waals surface area (Å²) in [5.74, 6) is -1.16. The van der Waals surface area contributed by atoms with Crippen LogP contribution in [-0.4, -0.2) is 98.0 Å². The van der Waals surface area contributed by atoms with Crippen LogP contribution in [0.5, 0.6) is 0 Å². The molecular formula is C43H49F3N4O5. The molecule has 55 heavy (non-hydrogen) atoms. The van der Waals surface area contributed by atoms with E-state index in [4.69, 9.17) is 9.47 Å². The van der Waals surface area contributed by atoms with E-state index in [-0.39, 0.29) is 18.5 Å². The molecule has 0 spiro atoms. The van der Waals surface area contributed by atoms with Crippen molar-refractivity contribution in [3.05, 3.63) is 96.3 Å². The molecule has 3 unspecified atom stereocenters. The van der Waals surface area contributed by atoms with Crippen LogP contribution in [0.1, 0.15) is 40.5 Å². The lowest BCUT2D eigenvalue weighted by Crippen LogP contribution is -2.59. The third-order valence-electron chi connectivity index (χ3n) is 10.6. The zero-order valence-electron chi connectivity index (χ0n) is 31.7. The predicted octanol–water partition coefficient (Wildman–Crippen LogP) is 7.85. The number of benzene rings is 4. The van der Waals surface area contributed by atoms with Gasteiger partial charge in [0.25, 0.3) is 0 Å². The number of carbonyl (C=O) groups excluding carboxylic acids is 1. The Balaban J connectivity index is 1.19. The number of aliphatic hydroxyl groups is 2. The second-order valence-corrected chi connectivity index (χ2v) is 15.7. The quantitative estimate of drug-likeness (QED) is 0.132. The number of rotatable bonds is 12. The average molecular weight is 759 g/mol. The Labute approximate surface area is 318 Å². The molecule has 9 nitrogen and oxygen atoms in total. The number of carbonyl (C=O) groups is 1. The van der Waals surface area contributed by atoms with E-state index >= 15 is 0 Å². The van der Waals surface area contributed by atoms with E-state index in [1.807, 2.05) is 49.6 Å². The molecule has 1 aliphatic rings. The molecule has 292 valence electrons. The van der Waals surface area contributed by atoms with E-state index in [9.17, 15) is 28.2 Å². The number of aliphatic hydroxyl groups excluding tert-OH is 2. The molecule has 0 bridgehead atoms. The van der Waals surface area contributed by atoms with Crippen LogP contribution in [0.4, 0.5) is 18.0 Å². The van der Waals surface area contributed by atoms with Gasteiger partial charge in [-0.2, -0.15) is 0 Å². The van der Waals surface area contributed by atoms with Gasteiger partial charge in [-0.15, -0.1) is 0 Å². The van der Waals surface area contributed by atoms with Gasteiger partial charge in [0, 0.05) is 75.9 Å². The molecule has 12 heteroatoms. The first-order valence-corrected chi connectivity index (χ1v) is 19.0. The third-order valence-corrected chi connectivity index (χ3v) is 10.6. The second kappa shape index (κ2) is 15.9. The van der Waals surface area contributed by atoms with Gasteiger partial charge in [0.2, 0.25) is 0 Å². The Morgan fingerprint density at radius 2 is 1.33 bits per heavy atom. The van der Waals surface area contributed by atoms with Gasteiger partial charge in [0.05, 0.1) is 37.9 Å². The van der Waals surface area contributed by atoms with Crippen molar-refractivity contribution in [3.63, 3.8) is 0 Å². The van der Waals surface area contributed by atoms with Gasteiger partial charge >= 0.3 is 6.09 Å². The molecule has 0 saturated carbocycles. The summed E-state index contributed by atoms with van der Waals surface area (Å²) in [6.07, 6.45) is -0.518. The van der Waals surface area contributed by atoms with Crippen LogP contribution in [0.3, 0.4) is 0 Å². The van der Waals surface area contributed by atoms with Gasteiger partial charge in [-0.1, -0.05) is 18.2 Å². The standard InChI is InChI=1S/C43H49F3N4O5/c1-27(52)19-31(47-16-17-48(32(23-47)26-51)42(53)55-43(2,3)4)15-18-54-33(24-49-38-8-6-5-7-34(38)35-20-28(44)9-12-39(35)49)25-50-40-13-10-29(45)21-36(40)37-22-30(46)11-14-41(37)50/h5-14,20-22,27,31-33,51-52H,15-19,23-26H2,1-4H3/t27?,31?,32-,33?/m1/s1. The summed E-state index contributed by atoms with van der Waals surface area (Å²) in [5, 5.41) is 23.8. The predicted molar refractivity (Wildman–Crippen MR) is 209 cm³/mol. The molecule has 7 rings (SSSR count). The van der Waals surface area contributed by atoms with Crippen LogP contribution in [0, 0.1) is 17.5 Å². The lowest BCUT2D eigenvalue weighted by molar-refractivity contribution is -0.0305.